The number of hydrogen-bond donors (Lipinski definition) is 2. The predicted molar refractivity (Wildman–Crippen MR) is 124 cm³/mol. The lowest BCUT2D eigenvalue weighted by Gasteiger charge is -2.19. The average molecular weight is 397 g/mol. The van der Waals surface area contributed by atoms with Crippen LogP contribution in [0.4, 0.5) is 0 Å². The van der Waals surface area contributed by atoms with E-state index in [0.29, 0.717) is 6.04 Å². The first-order chi connectivity index (χ1) is 14.3. The molecule has 0 bridgehead atoms. The molecule has 0 radical (unpaired) electrons. The first kappa shape index (κ1) is 23.4. The van der Waals surface area contributed by atoms with Crippen molar-refractivity contribution in [1.29, 1.82) is 0 Å². The molecule has 0 amide bonds. The maximum atomic E-state index is 5.55. The molecule has 0 fully saturated rings. The Hall–Kier alpha value is -1.84. The number of unbranched alkanes of at least 4 members (excludes halogenated alkanes) is 8. The Kier molecular flexibility index (Phi) is 12.2. The van der Waals surface area contributed by atoms with E-state index < -0.39 is 0 Å². The Labute approximate surface area is 178 Å². The quantitative estimate of drug-likeness (QED) is 0.323. The van der Waals surface area contributed by atoms with Crippen molar-refractivity contribution in [1.82, 2.24) is 5.32 Å². The first-order valence-corrected chi connectivity index (χ1v) is 11.4. The van der Waals surface area contributed by atoms with E-state index in [1.807, 2.05) is 12.1 Å². The van der Waals surface area contributed by atoms with E-state index in [1.54, 1.807) is 7.11 Å². The van der Waals surface area contributed by atoms with E-state index in [2.05, 4.69) is 47.8 Å². The Bertz CT molecular complexity index is 627. The van der Waals surface area contributed by atoms with Gasteiger partial charge in [0.1, 0.15) is 5.75 Å². The lowest BCUT2D eigenvalue weighted by atomic mass is 9.99. The maximum Gasteiger partial charge on any atom is 0.118 e. The zero-order valence-corrected chi connectivity index (χ0v) is 18.2. The van der Waals surface area contributed by atoms with Crippen LogP contribution in [0.2, 0.25) is 0 Å². The summed E-state index contributed by atoms with van der Waals surface area (Å²) in [5.41, 5.74) is 8.23. The molecule has 0 aliphatic carbocycles. The topological polar surface area (TPSA) is 47.3 Å². The molecular weight excluding hydrogens is 356 g/mol. The summed E-state index contributed by atoms with van der Waals surface area (Å²) in [6.07, 6.45) is 13.1. The SMILES string of the molecule is COc1ccc(CNC(CCCCCCCCCCCN)c2ccccc2)cc1. The minimum absolute atomic E-state index is 0.412. The molecule has 1 atom stereocenters. The summed E-state index contributed by atoms with van der Waals surface area (Å²) < 4.78 is 5.26. The molecule has 0 heterocycles. The van der Waals surface area contributed by atoms with Gasteiger partial charge < -0.3 is 15.8 Å². The van der Waals surface area contributed by atoms with Crippen molar-refractivity contribution in [3.63, 3.8) is 0 Å². The van der Waals surface area contributed by atoms with Gasteiger partial charge in [-0.25, -0.2) is 0 Å². The van der Waals surface area contributed by atoms with Crippen molar-refractivity contribution in [3.8, 4) is 5.75 Å². The van der Waals surface area contributed by atoms with Gasteiger partial charge in [0.2, 0.25) is 0 Å². The Balaban J connectivity index is 1.69. The Morgan fingerprint density at radius 1 is 0.759 bits per heavy atom. The van der Waals surface area contributed by atoms with Crippen LogP contribution in [-0.2, 0) is 6.54 Å². The van der Waals surface area contributed by atoms with Crippen molar-refractivity contribution in [2.75, 3.05) is 13.7 Å². The fourth-order valence-corrected chi connectivity index (χ4v) is 3.79. The molecule has 0 aliphatic rings. The second kappa shape index (κ2) is 15.1. The molecule has 0 saturated heterocycles. The van der Waals surface area contributed by atoms with Gasteiger partial charge in [-0.2, -0.15) is 0 Å². The van der Waals surface area contributed by atoms with Crippen LogP contribution in [0.1, 0.15) is 81.4 Å². The number of ether oxygens (including phenoxy) is 1. The molecule has 0 aliphatic heterocycles. The Morgan fingerprint density at radius 3 is 1.93 bits per heavy atom. The Morgan fingerprint density at radius 2 is 1.34 bits per heavy atom. The van der Waals surface area contributed by atoms with Crippen LogP contribution in [0.3, 0.4) is 0 Å². The van der Waals surface area contributed by atoms with Crippen LogP contribution in [0, 0.1) is 0 Å². The smallest absolute Gasteiger partial charge is 0.118 e. The molecule has 2 aromatic rings. The molecule has 160 valence electrons. The van der Waals surface area contributed by atoms with E-state index >= 15 is 0 Å². The van der Waals surface area contributed by atoms with Gasteiger partial charge in [-0.1, -0.05) is 93.8 Å². The van der Waals surface area contributed by atoms with Crippen LogP contribution < -0.4 is 15.8 Å². The number of methoxy groups -OCH3 is 1. The van der Waals surface area contributed by atoms with Gasteiger partial charge in [-0.05, 0) is 42.6 Å². The number of hydrogen-bond acceptors (Lipinski definition) is 3. The molecule has 0 spiro atoms. The number of benzene rings is 2. The second-order valence-corrected chi connectivity index (χ2v) is 7.95. The molecule has 0 saturated carbocycles. The summed E-state index contributed by atoms with van der Waals surface area (Å²) in [7, 11) is 1.71. The standard InChI is InChI=1S/C26H40N2O/c1-29-25-19-17-23(18-20-25)22-28-26(24-14-10-9-11-15-24)16-12-7-5-3-2-4-6-8-13-21-27/h9-11,14-15,17-20,26,28H,2-8,12-13,16,21-22,27H2,1H3. The summed E-state index contributed by atoms with van der Waals surface area (Å²) in [6.45, 7) is 1.72. The zero-order chi connectivity index (χ0) is 20.6. The first-order valence-electron chi connectivity index (χ1n) is 11.4. The number of rotatable bonds is 16. The van der Waals surface area contributed by atoms with Crippen molar-refractivity contribution >= 4 is 0 Å². The van der Waals surface area contributed by atoms with E-state index in [9.17, 15) is 0 Å². The highest BCUT2D eigenvalue weighted by molar-refractivity contribution is 5.27. The summed E-state index contributed by atoms with van der Waals surface area (Å²) >= 11 is 0. The largest absolute Gasteiger partial charge is 0.497 e. The molecular formula is C26H40N2O. The van der Waals surface area contributed by atoms with Gasteiger partial charge in [0, 0.05) is 12.6 Å². The van der Waals surface area contributed by atoms with E-state index in [1.165, 1.54) is 75.3 Å². The molecule has 3 nitrogen and oxygen atoms in total. The molecule has 0 aromatic heterocycles. The van der Waals surface area contributed by atoms with Gasteiger partial charge in [0.25, 0.3) is 0 Å². The maximum absolute atomic E-state index is 5.55. The highest BCUT2D eigenvalue weighted by Crippen LogP contribution is 2.22. The van der Waals surface area contributed by atoms with Gasteiger partial charge in [0.15, 0.2) is 0 Å². The molecule has 3 N–H and O–H groups in total. The minimum atomic E-state index is 0.412. The normalized spacial score (nSPS) is 12.1. The fraction of sp³-hybridized carbons (Fsp3) is 0.538. The molecule has 2 rings (SSSR count). The number of nitrogens with two attached hydrogens (primary N) is 1. The summed E-state index contributed by atoms with van der Waals surface area (Å²) in [5.74, 6) is 0.910. The highest BCUT2D eigenvalue weighted by Gasteiger charge is 2.10. The number of nitrogens with one attached hydrogen (secondary N) is 1. The van der Waals surface area contributed by atoms with E-state index in [4.69, 9.17) is 10.5 Å². The van der Waals surface area contributed by atoms with Gasteiger partial charge >= 0.3 is 0 Å². The lowest BCUT2D eigenvalue weighted by Crippen LogP contribution is -2.21. The molecule has 29 heavy (non-hydrogen) atoms. The van der Waals surface area contributed by atoms with Crippen LogP contribution in [-0.4, -0.2) is 13.7 Å². The third-order valence-corrected chi connectivity index (χ3v) is 5.61. The fourth-order valence-electron chi connectivity index (χ4n) is 3.79. The summed E-state index contributed by atoms with van der Waals surface area (Å²) in [6, 6.07) is 19.6. The van der Waals surface area contributed by atoms with Crippen molar-refractivity contribution < 1.29 is 4.74 Å². The van der Waals surface area contributed by atoms with Crippen LogP contribution in [0.15, 0.2) is 54.6 Å². The molecule has 2 aromatic carbocycles. The van der Waals surface area contributed by atoms with Crippen molar-refractivity contribution in [2.24, 2.45) is 5.73 Å². The highest BCUT2D eigenvalue weighted by atomic mass is 16.5. The zero-order valence-electron chi connectivity index (χ0n) is 18.2. The van der Waals surface area contributed by atoms with Crippen LogP contribution in [0.25, 0.3) is 0 Å². The van der Waals surface area contributed by atoms with E-state index in [0.717, 1.165) is 18.8 Å². The third kappa shape index (κ3) is 9.96. The van der Waals surface area contributed by atoms with Gasteiger partial charge in [0.05, 0.1) is 7.11 Å². The van der Waals surface area contributed by atoms with Crippen molar-refractivity contribution in [3.05, 3.63) is 65.7 Å². The van der Waals surface area contributed by atoms with Gasteiger partial charge in [-0.3, -0.25) is 0 Å². The average Bonchev–Trinajstić information content (AvgIpc) is 2.78. The van der Waals surface area contributed by atoms with Crippen LogP contribution >= 0.6 is 0 Å². The van der Waals surface area contributed by atoms with Gasteiger partial charge in [-0.15, -0.1) is 0 Å². The second-order valence-electron chi connectivity index (χ2n) is 7.95. The molecule has 1 unspecified atom stereocenters. The monoisotopic (exact) mass is 396 g/mol. The van der Waals surface area contributed by atoms with E-state index in [-0.39, 0.29) is 0 Å². The summed E-state index contributed by atoms with van der Waals surface area (Å²) in [4.78, 5) is 0. The minimum Gasteiger partial charge on any atom is -0.497 e. The third-order valence-electron chi connectivity index (χ3n) is 5.61. The lowest BCUT2D eigenvalue weighted by molar-refractivity contribution is 0.414. The van der Waals surface area contributed by atoms with Crippen molar-refractivity contribution in [2.45, 2.75) is 76.8 Å². The molecule has 3 heteroatoms. The summed E-state index contributed by atoms with van der Waals surface area (Å²) in [5, 5.41) is 3.77. The predicted octanol–water partition coefficient (Wildman–Crippen LogP) is 6.39. The van der Waals surface area contributed by atoms with Crippen LogP contribution in [0.5, 0.6) is 5.75 Å².